The number of phenolic OH excluding ortho intramolecular Hbond substituents is 2. The number of aromatic hydroxyl groups is 2. The molecule has 0 radical (unpaired) electrons. The minimum Gasteiger partial charge on any atom is -0.508 e. The van der Waals surface area contributed by atoms with Gasteiger partial charge < -0.3 is 14.9 Å². The van der Waals surface area contributed by atoms with Crippen LogP contribution < -0.4 is 4.74 Å². The Labute approximate surface area is 162 Å². The largest absolute Gasteiger partial charge is 0.508 e. The summed E-state index contributed by atoms with van der Waals surface area (Å²) in [4.78, 5) is 0. The zero-order valence-electron chi connectivity index (χ0n) is 14.1. The number of rotatable bonds is 4. The molecule has 0 bridgehead atoms. The smallest absolute Gasteiger partial charge is 0.118 e. The van der Waals surface area contributed by atoms with Crippen LogP contribution in [0.15, 0.2) is 72.8 Å². The van der Waals surface area contributed by atoms with Gasteiger partial charge in [-0.2, -0.15) is 0 Å². The molecule has 3 rings (SSSR count). The van der Waals surface area contributed by atoms with Crippen LogP contribution in [0.2, 0.25) is 0 Å². The average Bonchev–Trinajstić information content (AvgIpc) is 2.62. The molecule has 0 fully saturated rings. The van der Waals surface area contributed by atoms with Crippen molar-refractivity contribution in [2.24, 2.45) is 0 Å². The molecule has 0 spiro atoms. The van der Waals surface area contributed by atoms with E-state index in [0.29, 0.717) is 0 Å². The fourth-order valence-electron chi connectivity index (χ4n) is 3.01. The van der Waals surface area contributed by atoms with Gasteiger partial charge in [0.1, 0.15) is 17.2 Å². The van der Waals surface area contributed by atoms with Gasteiger partial charge in [0.25, 0.3) is 0 Å². The van der Waals surface area contributed by atoms with E-state index in [2.05, 4.69) is 6.92 Å². The molecule has 25 heavy (non-hydrogen) atoms. The first-order valence-corrected chi connectivity index (χ1v) is 7.77. The Morgan fingerprint density at radius 3 is 1.28 bits per heavy atom. The molecule has 0 aromatic heterocycles. The standard InChI is InChI=1S/C21H20O3.W/c1-21(15-3-9-18(22)10-4-15,16-5-11-19(23)12-6-16)17-7-13-20(24-2)14-8-17;/h3-14,22-23H,1-2H3;. The minimum absolute atomic E-state index is 0. The van der Waals surface area contributed by atoms with Gasteiger partial charge in [-0.1, -0.05) is 36.4 Å². The topological polar surface area (TPSA) is 49.7 Å². The molecule has 128 valence electrons. The number of hydrogen-bond donors (Lipinski definition) is 2. The molecule has 0 saturated heterocycles. The van der Waals surface area contributed by atoms with Gasteiger partial charge in [-0.15, -0.1) is 0 Å². The molecule has 3 aromatic carbocycles. The Morgan fingerprint density at radius 2 is 0.960 bits per heavy atom. The van der Waals surface area contributed by atoms with E-state index in [1.54, 1.807) is 31.4 Å². The molecular formula is C21H20O3W. The molecule has 4 heteroatoms. The van der Waals surface area contributed by atoms with E-state index in [1.807, 2.05) is 48.5 Å². The van der Waals surface area contributed by atoms with Gasteiger partial charge in [0, 0.05) is 26.5 Å². The van der Waals surface area contributed by atoms with Gasteiger partial charge >= 0.3 is 0 Å². The molecule has 0 amide bonds. The van der Waals surface area contributed by atoms with Crippen molar-refractivity contribution in [3.8, 4) is 17.2 Å². The first-order chi connectivity index (χ1) is 11.5. The number of benzene rings is 3. The van der Waals surface area contributed by atoms with Crippen molar-refractivity contribution >= 4 is 0 Å². The minimum atomic E-state index is -0.423. The molecule has 0 atom stereocenters. The van der Waals surface area contributed by atoms with Crippen LogP contribution in [-0.4, -0.2) is 17.3 Å². The van der Waals surface area contributed by atoms with Crippen molar-refractivity contribution in [1.82, 2.24) is 0 Å². The average molecular weight is 504 g/mol. The van der Waals surface area contributed by atoms with Crippen LogP contribution in [0.4, 0.5) is 0 Å². The van der Waals surface area contributed by atoms with Crippen LogP contribution >= 0.6 is 0 Å². The quantitative estimate of drug-likeness (QED) is 0.517. The summed E-state index contributed by atoms with van der Waals surface area (Å²) in [6, 6.07) is 22.4. The monoisotopic (exact) mass is 504 g/mol. The van der Waals surface area contributed by atoms with Crippen molar-refractivity contribution in [1.29, 1.82) is 0 Å². The van der Waals surface area contributed by atoms with E-state index >= 15 is 0 Å². The first kappa shape index (κ1) is 19.1. The van der Waals surface area contributed by atoms with Crippen LogP contribution in [0.3, 0.4) is 0 Å². The Hall–Kier alpha value is -2.25. The summed E-state index contributed by atoms with van der Waals surface area (Å²) in [6.07, 6.45) is 0. The molecule has 0 saturated carbocycles. The second-order valence-corrected chi connectivity index (χ2v) is 5.95. The summed E-state index contributed by atoms with van der Waals surface area (Å²) in [5.74, 6) is 1.28. The van der Waals surface area contributed by atoms with Crippen molar-refractivity contribution in [2.75, 3.05) is 7.11 Å². The zero-order valence-corrected chi connectivity index (χ0v) is 17.1. The van der Waals surface area contributed by atoms with Gasteiger partial charge in [-0.3, -0.25) is 0 Å². The van der Waals surface area contributed by atoms with E-state index in [9.17, 15) is 10.2 Å². The van der Waals surface area contributed by atoms with E-state index in [1.165, 1.54) is 0 Å². The third-order valence-electron chi connectivity index (χ3n) is 4.56. The molecular weight excluding hydrogens is 484 g/mol. The predicted molar refractivity (Wildman–Crippen MR) is 94.8 cm³/mol. The Bertz CT molecular complexity index is 764. The normalized spacial score (nSPS) is 10.8. The summed E-state index contributed by atoms with van der Waals surface area (Å²) in [5.41, 5.74) is 2.78. The first-order valence-electron chi connectivity index (χ1n) is 7.77. The maximum absolute atomic E-state index is 9.62. The van der Waals surface area contributed by atoms with E-state index < -0.39 is 5.41 Å². The Kier molecular flexibility index (Phi) is 5.92. The SMILES string of the molecule is COc1ccc(C(C)(c2ccc(O)cc2)c2ccc(O)cc2)cc1.[W]. The molecule has 0 aliphatic heterocycles. The van der Waals surface area contributed by atoms with Gasteiger partial charge in [0.2, 0.25) is 0 Å². The number of methoxy groups -OCH3 is 1. The van der Waals surface area contributed by atoms with Crippen molar-refractivity contribution in [3.63, 3.8) is 0 Å². The Balaban J connectivity index is 0.00000225. The molecule has 0 aliphatic carbocycles. The summed E-state index contributed by atoms with van der Waals surface area (Å²) in [5, 5.41) is 19.2. The van der Waals surface area contributed by atoms with Gasteiger partial charge in [-0.25, -0.2) is 0 Å². The van der Waals surface area contributed by atoms with Crippen LogP contribution in [0, 0.1) is 0 Å². The van der Waals surface area contributed by atoms with Gasteiger partial charge in [-0.05, 0) is 60.0 Å². The van der Waals surface area contributed by atoms with Crippen LogP contribution in [-0.2, 0) is 26.5 Å². The van der Waals surface area contributed by atoms with E-state index in [-0.39, 0.29) is 32.6 Å². The molecule has 3 aromatic rings. The fourth-order valence-corrected chi connectivity index (χ4v) is 3.01. The summed E-state index contributed by atoms with van der Waals surface area (Å²) in [7, 11) is 1.65. The summed E-state index contributed by atoms with van der Waals surface area (Å²) in [6.45, 7) is 2.13. The molecule has 0 heterocycles. The zero-order chi connectivity index (χ0) is 17.2. The van der Waals surface area contributed by atoms with Gasteiger partial charge in [0.05, 0.1) is 7.11 Å². The van der Waals surface area contributed by atoms with Crippen LogP contribution in [0.5, 0.6) is 17.2 Å². The number of hydrogen-bond acceptors (Lipinski definition) is 3. The van der Waals surface area contributed by atoms with Crippen LogP contribution in [0.1, 0.15) is 23.6 Å². The third kappa shape index (κ3) is 3.72. The summed E-state index contributed by atoms with van der Waals surface area (Å²) >= 11 is 0. The number of ether oxygens (including phenoxy) is 1. The van der Waals surface area contributed by atoms with Crippen LogP contribution in [0.25, 0.3) is 0 Å². The molecule has 3 nitrogen and oxygen atoms in total. The van der Waals surface area contributed by atoms with Crippen molar-refractivity contribution < 1.29 is 36.0 Å². The fraction of sp³-hybridized carbons (Fsp3) is 0.143. The molecule has 2 N–H and O–H groups in total. The number of phenols is 2. The van der Waals surface area contributed by atoms with E-state index in [4.69, 9.17) is 4.74 Å². The molecule has 0 aliphatic rings. The van der Waals surface area contributed by atoms with Gasteiger partial charge in [0.15, 0.2) is 0 Å². The Morgan fingerprint density at radius 1 is 0.640 bits per heavy atom. The van der Waals surface area contributed by atoms with E-state index in [0.717, 1.165) is 22.4 Å². The maximum atomic E-state index is 9.62. The van der Waals surface area contributed by atoms with Crippen molar-refractivity contribution in [3.05, 3.63) is 89.5 Å². The second kappa shape index (κ2) is 7.75. The second-order valence-electron chi connectivity index (χ2n) is 5.95. The van der Waals surface area contributed by atoms with Crippen molar-refractivity contribution in [2.45, 2.75) is 12.3 Å². The maximum Gasteiger partial charge on any atom is 0.118 e. The third-order valence-corrected chi connectivity index (χ3v) is 4.56. The predicted octanol–water partition coefficient (Wildman–Crippen LogP) is 4.46. The molecule has 0 unspecified atom stereocenters. The summed E-state index contributed by atoms with van der Waals surface area (Å²) < 4.78 is 5.26.